The fraction of sp³-hybridized carbons (Fsp3) is 0.167. The van der Waals surface area contributed by atoms with Crippen LogP contribution in [0.25, 0.3) is 0 Å². The highest BCUT2D eigenvalue weighted by atomic mass is 127. The van der Waals surface area contributed by atoms with E-state index in [2.05, 4.69) is 39.1 Å². The minimum atomic E-state index is 0.822. The first kappa shape index (κ1) is 6.80. The van der Waals surface area contributed by atoms with E-state index >= 15 is 0 Å². The van der Waals surface area contributed by atoms with Crippen molar-refractivity contribution in [1.29, 1.82) is 0 Å². The van der Waals surface area contributed by atoms with Crippen molar-refractivity contribution in [2.24, 2.45) is 0 Å². The molecule has 0 unspecified atom stereocenters. The number of rotatable bonds is 2. The second kappa shape index (κ2) is 3.00. The maximum Gasteiger partial charge on any atom is 0.119 e. The van der Waals surface area contributed by atoms with Crippen molar-refractivity contribution < 1.29 is 0 Å². The van der Waals surface area contributed by atoms with Gasteiger partial charge in [-0.25, -0.2) is 4.98 Å². The van der Waals surface area contributed by atoms with Crippen LogP contribution in [0.2, 0.25) is 0 Å². The van der Waals surface area contributed by atoms with Crippen LogP contribution in [0.1, 0.15) is 5.82 Å². The Balaban J connectivity index is 2.72. The van der Waals surface area contributed by atoms with Gasteiger partial charge in [-0.2, -0.15) is 0 Å². The molecule has 1 N–H and O–H groups in total. The van der Waals surface area contributed by atoms with Gasteiger partial charge in [0.05, 0.1) is 0 Å². The molecular weight excluding hydrogens is 227 g/mol. The third kappa shape index (κ3) is 1.82. The van der Waals surface area contributed by atoms with E-state index in [1.54, 1.807) is 0 Å². The van der Waals surface area contributed by atoms with E-state index in [-0.39, 0.29) is 0 Å². The quantitative estimate of drug-likeness (QED) is 0.612. The zero-order valence-electron chi connectivity index (χ0n) is 4.89. The molecule has 0 aliphatic heterocycles. The van der Waals surface area contributed by atoms with Crippen molar-refractivity contribution in [1.82, 2.24) is 9.97 Å². The van der Waals surface area contributed by atoms with Gasteiger partial charge in [0.15, 0.2) is 0 Å². The first-order chi connectivity index (χ1) is 4.33. The van der Waals surface area contributed by atoms with Crippen LogP contribution in [0.5, 0.6) is 0 Å². The van der Waals surface area contributed by atoms with Crippen LogP contribution in [-0.4, -0.2) is 9.97 Å². The van der Waals surface area contributed by atoms with Crippen LogP contribution in [0.3, 0.4) is 0 Å². The molecule has 48 valence electrons. The Hall–Kier alpha value is -0.320. The summed E-state index contributed by atoms with van der Waals surface area (Å²) in [5.41, 5.74) is 0. The standard InChI is InChI=1S/C6H7IN2/c1-2-3-6-8-4-5(7)9-6/h2,4H,1,3H2,(H,8,9). The van der Waals surface area contributed by atoms with Crippen LogP contribution in [0, 0.1) is 3.70 Å². The van der Waals surface area contributed by atoms with Gasteiger partial charge in [-0.1, -0.05) is 6.08 Å². The Morgan fingerprint density at radius 3 is 3.11 bits per heavy atom. The van der Waals surface area contributed by atoms with Crippen molar-refractivity contribution >= 4 is 22.6 Å². The number of hydrogen-bond acceptors (Lipinski definition) is 1. The molecular formula is C6H7IN2. The van der Waals surface area contributed by atoms with E-state index < -0.39 is 0 Å². The van der Waals surface area contributed by atoms with Gasteiger partial charge < -0.3 is 4.98 Å². The summed E-state index contributed by atoms with van der Waals surface area (Å²) in [5.74, 6) is 0.981. The lowest BCUT2D eigenvalue weighted by atomic mass is 10.4. The van der Waals surface area contributed by atoms with E-state index in [0.29, 0.717) is 0 Å². The summed E-state index contributed by atoms with van der Waals surface area (Å²) in [5, 5.41) is 0. The van der Waals surface area contributed by atoms with E-state index in [9.17, 15) is 0 Å². The third-order valence-corrected chi connectivity index (χ3v) is 1.49. The van der Waals surface area contributed by atoms with Gasteiger partial charge in [-0.15, -0.1) is 6.58 Å². The molecule has 0 amide bonds. The molecule has 1 aromatic rings. The Bertz CT molecular complexity index is 205. The molecule has 0 radical (unpaired) electrons. The Labute approximate surface area is 67.5 Å². The largest absolute Gasteiger partial charge is 0.347 e. The Morgan fingerprint density at radius 1 is 1.89 bits per heavy atom. The van der Waals surface area contributed by atoms with Crippen molar-refractivity contribution in [2.75, 3.05) is 0 Å². The fourth-order valence-corrected chi connectivity index (χ4v) is 1.02. The maximum atomic E-state index is 4.16. The van der Waals surface area contributed by atoms with Gasteiger partial charge in [0.2, 0.25) is 0 Å². The number of H-pyrrole nitrogens is 1. The lowest BCUT2D eigenvalue weighted by molar-refractivity contribution is 1.05. The summed E-state index contributed by atoms with van der Waals surface area (Å²) in [6, 6.07) is 0. The predicted molar refractivity (Wildman–Crippen MR) is 45.2 cm³/mol. The van der Waals surface area contributed by atoms with E-state index in [1.165, 1.54) is 0 Å². The summed E-state index contributed by atoms with van der Waals surface area (Å²) in [6.45, 7) is 3.60. The van der Waals surface area contributed by atoms with Crippen molar-refractivity contribution in [3.8, 4) is 0 Å². The zero-order chi connectivity index (χ0) is 6.69. The minimum absolute atomic E-state index is 0.822. The molecule has 0 aliphatic carbocycles. The smallest absolute Gasteiger partial charge is 0.119 e. The predicted octanol–water partition coefficient (Wildman–Crippen LogP) is 1.74. The molecule has 0 spiro atoms. The number of nitrogens with zero attached hydrogens (tertiary/aromatic N) is 1. The van der Waals surface area contributed by atoms with Crippen LogP contribution in [0.15, 0.2) is 18.9 Å². The average molecular weight is 234 g/mol. The topological polar surface area (TPSA) is 28.7 Å². The minimum Gasteiger partial charge on any atom is -0.347 e. The van der Waals surface area contributed by atoms with E-state index in [0.717, 1.165) is 15.9 Å². The SMILES string of the molecule is C=CCc1nc(I)c[nH]1. The molecule has 0 aromatic carbocycles. The summed E-state index contributed by atoms with van der Waals surface area (Å²) >= 11 is 2.16. The number of halogens is 1. The van der Waals surface area contributed by atoms with Gasteiger partial charge in [-0.05, 0) is 22.6 Å². The summed E-state index contributed by atoms with van der Waals surface area (Å²) in [4.78, 5) is 7.18. The molecule has 3 heteroatoms. The lowest BCUT2D eigenvalue weighted by Gasteiger charge is -1.82. The molecule has 0 atom stereocenters. The van der Waals surface area contributed by atoms with Crippen LogP contribution in [-0.2, 0) is 6.42 Å². The molecule has 1 rings (SSSR count). The Kier molecular flexibility index (Phi) is 2.27. The van der Waals surface area contributed by atoms with Crippen molar-refractivity contribution in [3.05, 3.63) is 28.4 Å². The van der Waals surface area contributed by atoms with Crippen LogP contribution in [0.4, 0.5) is 0 Å². The number of imidazole rings is 1. The number of allylic oxidation sites excluding steroid dienone is 1. The second-order valence-electron chi connectivity index (χ2n) is 1.66. The van der Waals surface area contributed by atoms with Gasteiger partial charge >= 0.3 is 0 Å². The first-order valence-electron chi connectivity index (χ1n) is 2.63. The second-order valence-corrected chi connectivity index (χ2v) is 2.77. The lowest BCUT2D eigenvalue weighted by Crippen LogP contribution is -1.81. The summed E-state index contributed by atoms with van der Waals surface area (Å²) in [6.07, 6.45) is 4.53. The number of aromatic nitrogens is 2. The van der Waals surface area contributed by atoms with Crippen LogP contribution < -0.4 is 0 Å². The van der Waals surface area contributed by atoms with E-state index in [1.807, 2.05) is 12.3 Å². The first-order valence-corrected chi connectivity index (χ1v) is 3.71. The molecule has 1 aromatic heterocycles. The molecule has 2 nitrogen and oxygen atoms in total. The number of nitrogens with one attached hydrogen (secondary N) is 1. The molecule has 9 heavy (non-hydrogen) atoms. The highest BCUT2D eigenvalue weighted by molar-refractivity contribution is 14.1. The van der Waals surface area contributed by atoms with Crippen molar-refractivity contribution in [2.45, 2.75) is 6.42 Å². The molecule has 0 saturated carbocycles. The molecule has 1 heterocycles. The third-order valence-electron chi connectivity index (χ3n) is 0.937. The zero-order valence-corrected chi connectivity index (χ0v) is 7.05. The van der Waals surface area contributed by atoms with Gasteiger partial charge in [0.25, 0.3) is 0 Å². The Morgan fingerprint density at radius 2 is 2.67 bits per heavy atom. The van der Waals surface area contributed by atoms with Gasteiger partial charge in [-0.3, -0.25) is 0 Å². The van der Waals surface area contributed by atoms with Gasteiger partial charge in [0.1, 0.15) is 9.53 Å². The highest BCUT2D eigenvalue weighted by Gasteiger charge is 1.92. The average Bonchev–Trinajstić information content (AvgIpc) is 2.17. The normalized spacial score (nSPS) is 9.44. The van der Waals surface area contributed by atoms with Gasteiger partial charge in [0, 0.05) is 12.6 Å². The fourth-order valence-electron chi connectivity index (χ4n) is 0.578. The summed E-state index contributed by atoms with van der Waals surface area (Å²) < 4.78 is 1.00. The monoisotopic (exact) mass is 234 g/mol. The highest BCUT2D eigenvalue weighted by Crippen LogP contribution is 2.00. The number of aromatic amines is 1. The molecule has 0 fully saturated rings. The molecule has 0 saturated heterocycles. The van der Waals surface area contributed by atoms with Crippen molar-refractivity contribution in [3.63, 3.8) is 0 Å². The van der Waals surface area contributed by atoms with E-state index in [4.69, 9.17) is 0 Å². The summed E-state index contributed by atoms with van der Waals surface area (Å²) in [7, 11) is 0. The van der Waals surface area contributed by atoms with Crippen LogP contribution >= 0.6 is 22.6 Å². The number of hydrogen-bond donors (Lipinski definition) is 1. The molecule has 0 aliphatic rings. The molecule has 0 bridgehead atoms. The maximum absolute atomic E-state index is 4.16.